The highest BCUT2D eigenvalue weighted by atomic mass is 16.3. The molecule has 5 heteroatoms. The number of benzene rings is 13. The van der Waals surface area contributed by atoms with Gasteiger partial charge in [-0.15, -0.1) is 0 Å². The number of furan rings is 1. The SMILES string of the molecule is C1=Cc2cccc3c2c(cc2c3c3c4c5ccccc5c5cc(-c6ccc7oc8ccc(-c9c%10ccccc%10cc%10ccccc9%10)cc8c7c6)ccc5c4ccc3n2-c2nc(-c3ccccc3)nc(-c3ccccc3)n2)C1. The predicted molar refractivity (Wildman–Crippen MR) is 321 cm³/mol. The van der Waals surface area contributed by atoms with Gasteiger partial charge in [-0.3, -0.25) is 4.57 Å². The molecule has 3 aromatic heterocycles. The van der Waals surface area contributed by atoms with Crippen molar-refractivity contribution in [3.05, 3.63) is 248 Å². The Bertz CT molecular complexity index is 5110. The minimum atomic E-state index is 0.585. The molecule has 0 atom stereocenters. The van der Waals surface area contributed by atoms with Crippen LogP contribution < -0.4 is 0 Å². The molecule has 0 fully saturated rings. The summed E-state index contributed by atoms with van der Waals surface area (Å²) in [6.07, 6.45) is 5.40. The zero-order chi connectivity index (χ0) is 50.3. The minimum absolute atomic E-state index is 0.585. The molecule has 0 spiro atoms. The number of allylic oxidation sites excluding steroid dienone is 1. The first-order chi connectivity index (χ1) is 38.2. The van der Waals surface area contributed by atoms with E-state index in [0.29, 0.717) is 17.6 Å². The summed E-state index contributed by atoms with van der Waals surface area (Å²) < 4.78 is 8.87. The van der Waals surface area contributed by atoms with Crippen LogP contribution in [-0.4, -0.2) is 19.5 Å². The molecule has 0 aliphatic heterocycles. The molecule has 17 rings (SSSR count). The lowest BCUT2D eigenvalue weighted by Crippen LogP contribution is -2.06. The molecule has 1 aliphatic rings. The summed E-state index contributed by atoms with van der Waals surface area (Å²) in [6.45, 7) is 0. The van der Waals surface area contributed by atoms with Crippen molar-refractivity contribution in [3.8, 4) is 51.0 Å². The number of hydrogen-bond acceptors (Lipinski definition) is 4. The van der Waals surface area contributed by atoms with E-state index in [-0.39, 0.29) is 0 Å². The van der Waals surface area contributed by atoms with Gasteiger partial charge in [0, 0.05) is 38.1 Å². The van der Waals surface area contributed by atoms with Crippen LogP contribution in [-0.2, 0) is 6.42 Å². The molecule has 356 valence electrons. The van der Waals surface area contributed by atoms with E-state index in [9.17, 15) is 0 Å². The van der Waals surface area contributed by atoms with Crippen LogP contribution in [0.3, 0.4) is 0 Å². The number of hydrogen-bond donors (Lipinski definition) is 0. The van der Waals surface area contributed by atoms with Gasteiger partial charge in [-0.25, -0.2) is 4.98 Å². The van der Waals surface area contributed by atoms with E-state index in [1.807, 2.05) is 36.4 Å². The van der Waals surface area contributed by atoms with E-state index in [4.69, 9.17) is 19.4 Å². The fourth-order valence-corrected chi connectivity index (χ4v) is 13.0. The third kappa shape index (κ3) is 6.26. The van der Waals surface area contributed by atoms with Crippen molar-refractivity contribution in [3.63, 3.8) is 0 Å². The Balaban J connectivity index is 0.901. The van der Waals surface area contributed by atoms with Gasteiger partial charge < -0.3 is 4.42 Å². The summed E-state index contributed by atoms with van der Waals surface area (Å²) in [6, 6.07) is 83.4. The molecule has 77 heavy (non-hydrogen) atoms. The fourth-order valence-electron chi connectivity index (χ4n) is 13.0. The molecule has 13 aromatic carbocycles. The molecule has 0 unspecified atom stereocenters. The molecule has 0 N–H and O–H groups in total. The van der Waals surface area contributed by atoms with Crippen molar-refractivity contribution >= 4 is 114 Å². The van der Waals surface area contributed by atoms with Crippen molar-refractivity contribution in [2.24, 2.45) is 0 Å². The molecule has 16 aromatic rings. The van der Waals surface area contributed by atoms with Crippen molar-refractivity contribution in [2.75, 3.05) is 0 Å². The van der Waals surface area contributed by atoms with E-state index < -0.39 is 0 Å². The zero-order valence-electron chi connectivity index (χ0n) is 41.5. The first-order valence-electron chi connectivity index (χ1n) is 26.4. The lowest BCUT2D eigenvalue weighted by molar-refractivity contribution is 0.669. The Morgan fingerprint density at radius 3 is 1.61 bits per heavy atom. The summed E-state index contributed by atoms with van der Waals surface area (Å²) in [5.74, 6) is 1.84. The highest BCUT2D eigenvalue weighted by Gasteiger charge is 2.25. The molecule has 0 bridgehead atoms. The van der Waals surface area contributed by atoms with Gasteiger partial charge in [0.15, 0.2) is 11.6 Å². The number of fused-ring (bicyclic) bond motifs is 16. The van der Waals surface area contributed by atoms with Crippen LogP contribution in [0.2, 0.25) is 0 Å². The first-order valence-corrected chi connectivity index (χ1v) is 26.4. The van der Waals surface area contributed by atoms with Gasteiger partial charge in [0.05, 0.1) is 11.0 Å². The summed E-state index contributed by atoms with van der Waals surface area (Å²) in [5.41, 5.74) is 13.0. The molecule has 1 aliphatic carbocycles. The van der Waals surface area contributed by atoms with Gasteiger partial charge in [0.25, 0.3) is 0 Å². The second kappa shape index (κ2) is 16.1. The zero-order valence-corrected chi connectivity index (χ0v) is 41.5. The van der Waals surface area contributed by atoms with Crippen LogP contribution in [0.15, 0.2) is 241 Å². The average molecular weight is 979 g/mol. The second-order valence-corrected chi connectivity index (χ2v) is 20.6. The molecule has 5 nitrogen and oxygen atoms in total. The average Bonchev–Trinajstić information content (AvgIpc) is 4.23. The van der Waals surface area contributed by atoms with Gasteiger partial charge in [0.1, 0.15) is 11.2 Å². The summed E-state index contributed by atoms with van der Waals surface area (Å²) in [5, 5.41) is 19.3. The molecule has 3 heterocycles. The largest absolute Gasteiger partial charge is 0.456 e. The van der Waals surface area contributed by atoms with Crippen molar-refractivity contribution in [2.45, 2.75) is 6.42 Å². The second-order valence-electron chi connectivity index (χ2n) is 20.6. The van der Waals surface area contributed by atoms with Crippen LogP contribution in [0.4, 0.5) is 0 Å². The standard InChI is InChI=1S/C72H42N4O/c1-3-15-43(16-4-1)70-73-71(44-17-5-2-6-18-44)75-72(74-70)76-61-34-33-56-54-32-29-45(38-58(54)53-26-11-12-27-55(53)67(56)69(61)68-57-28-14-22-42-21-13-23-49(65(42)57)41-62(68)76)46-30-35-63-59(39-46)60-40-50(31-36-64(60)77-63)66-51-24-9-7-19-47(51)37-48-20-8-10-25-52(48)66/h1-22,24-41H,23H2. The minimum Gasteiger partial charge on any atom is -0.456 e. The fraction of sp³-hybridized carbons (Fsp3) is 0.0139. The Morgan fingerprint density at radius 2 is 0.896 bits per heavy atom. The first kappa shape index (κ1) is 42.2. The highest BCUT2D eigenvalue weighted by Crippen LogP contribution is 2.48. The van der Waals surface area contributed by atoms with Gasteiger partial charge >= 0.3 is 0 Å². The van der Waals surface area contributed by atoms with Crippen molar-refractivity contribution in [1.82, 2.24) is 19.5 Å². The van der Waals surface area contributed by atoms with Gasteiger partial charge in [-0.05, 0) is 148 Å². The van der Waals surface area contributed by atoms with Gasteiger partial charge in [0.2, 0.25) is 5.95 Å². The smallest absolute Gasteiger partial charge is 0.238 e. The summed E-state index contributed by atoms with van der Waals surface area (Å²) in [4.78, 5) is 15.8. The normalized spacial score (nSPS) is 12.6. The third-order valence-electron chi connectivity index (χ3n) is 16.4. The molecular weight excluding hydrogens is 937 g/mol. The Labute approximate surface area is 441 Å². The third-order valence-corrected chi connectivity index (χ3v) is 16.4. The van der Waals surface area contributed by atoms with E-state index >= 15 is 0 Å². The Morgan fingerprint density at radius 1 is 0.338 bits per heavy atom. The van der Waals surface area contributed by atoms with Crippen LogP contribution in [0.1, 0.15) is 11.1 Å². The molecule has 0 saturated carbocycles. The molecular formula is C72H42N4O. The maximum atomic E-state index is 6.57. The lowest BCUT2D eigenvalue weighted by atomic mass is 9.87. The molecule has 0 amide bonds. The maximum Gasteiger partial charge on any atom is 0.238 e. The monoisotopic (exact) mass is 978 g/mol. The van der Waals surface area contributed by atoms with Gasteiger partial charge in [-0.2, -0.15) is 9.97 Å². The van der Waals surface area contributed by atoms with Crippen LogP contribution in [0.5, 0.6) is 0 Å². The van der Waals surface area contributed by atoms with Crippen LogP contribution in [0, 0.1) is 0 Å². The summed E-state index contributed by atoms with van der Waals surface area (Å²) >= 11 is 0. The van der Waals surface area contributed by atoms with E-state index in [1.54, 1.807) is 0 Å². The molecule has 0 radical (unpaired) electrons. The summed E-state index contributed by atoms with van der Waals surface area (Å²) in [7, 11) is 0. The maximum absolute atomic E-state index is 6.57. The van der Waals surface area contributed by atoms with Gasteiger partial charge in [-0.1, -0.05) is 194 Å². The Hall–Kier alpha value is -10.2. The van der Waals surface area contributed by atoms with Crippen LogP contribution in [0.25, 0.3) is 165 Å². The topological polar surface area (TPSA) is 56.7 Å². The van der Waals surface area contributed by atoms with Crippen molar-refractivity contribution in [1.29, 1.82) is 0 Å². The van der Waals surface area contributed by atoms with E-state index in [1.165, 1.54) is 97.7 Å². The number of nitrogens with zero attached hydrogens (tertiary/aromatic N) is 4. The lowest BCUT2D eigenvalue weighted by Gasteiger charge is -2.15. The number of rotatable bonds is 5. The highest BCUT2D eigenvalue weighted by molar-refractivity contribution is 6.38. The quantitative estimate of drug-likeness (QED) is 0.127. The predicted octanol–water partition coefficient (Wildman–Crippen LogP) is 19.0. The number of aromatic nitrogens is 4. The molecule has 0 saturated heterocycles. The van der Waals surface area contributed by atoms with E-state index in [0.717, 1.165) is 61.6 Å². The Kier molecular flexibility index (Phi) is 8.83. The van der Waals surface area contributed by atoms with E-state index in [2.05, 4.69) is 211 Å². The van der Waals surface area contributed by atoms with Crippen molar-refractivity contribution < 1.29 is 4.42 Å². The van der Waals surface area contributed by atoms with Crippen LogP contribution >= 0.6 is 0 Å².